The molecule has 1 aliphatic rings. The van der Waals surface area contributed by atoms with Gasteiger partial charge in [0.15, 0.2) is 0 Å². The summed E-state index contributed by atoms with van der Waals surface area (Å²) in [5.74, 6) is 0.627. The van der Waals surface area contributed by atoms with E-state index in [1.165, 1.54) is 6.42 Å². The van der Waals surface area contributed by atoms with E-state index in [0.29, 0.717) is 18.5 Å². The molecule has 0 bridgehead atoms. The first-order chi connectivity index (χ1) is 10.2. The van der Waals surface area contributed by atoms with Crippen molar-refractivity contribution in [3.05, 3.63) is 5.89 Å². The highest BCUT2D eigenvalue weighted by Crippen LogP contribution is 2.12. The molecule has 2 rings (SSSR count). The summed E-state index contributed by atoms with van der Waals surface area (Å²) in [6.07, 6.45) is 4.45. The Morgan fingerprint density at radius 1 is 1.33 bits per heavy atom. The van der Waals surface area contributed by atoms with E-state index in [-0.39, 0.29) is 11.9 Å². The average molecular weight is 295 g/mol. The number of amides is 1. The van der Waals surface area contributed by atoms with E-state index in [0.717, 1.165) is 38.9 Å². The van der Waals surface area contributed by atoms with Gasteiger partial charge in [-0.2, -0.15) is 0 Å². The first-order valence-electron chi connectivity index (χ1n) is 7.79. The van der Waals surface area contributed by atoms with Crippen molar-refractivity contribution in [1.82, 2.24) is 20.4 Å². The number of piperidine rings is 1. The highest BCUT2D eigenvalue weighted by Gasteiger charge is 2.23. The maximum absolute atomic E-state index is 12.3. The molecular formula is C14H25N5O2. The van der Waals surface area contributed by atoms with E-state index in [2.05, 4.69) is 27.8 Å². The number of carbonyl (C=O) groups excluding carboxylic acids is 1. The van der Waals surface area contributed by atoms with Crippen LogP contribution in [0.5, 0.6) is 0 Å². The largest absolute Gasteiger partial charge is 0.407 e. The molecule has 21 heavy (non-hydrogen) atoms. The van der Waals surface area contributed by atoms with Gasteiger partial charge >= 0.3 is 6.01 Å². The molecule has 0 aromatic carbocycles. The van der Waals surface area contributed by atoms with Crippen molar-refractivity contribution in [3.63, 3.8) is 0 Å². The van der Waals surface area contributed by atoms with Crippen molar-refractivity contribution in [2.24, 2.45) is 0 Å². The van der Waals surface area contributed by atoms with E-state index in [9.17, 15) is 4.79 Å². The number of carbonyl (C=O) groups is 1. The molecule has 1 aromatic heterocycles. The van der Waals surface area contributed by atoms with Gasteiger partial charge in [-0.25, -0.2) is 0 Å². The molecule has 2 heterocycles. The Bertz CT molecular complexity index is 442. The van der Waals surface area contributed by atoms with Gasteiger partial charge in [0.1, 0.15) is 6.04 Å². The van der Waals surface area contributed by atoms with Crippen LogP contribution in [0.1, 0.15) is 45.4 Å². The molecule has 1 atom stereocenters. The van der Waals surface area contributed by atoms with Gasteiger partial charge in [-0.3, -0.25) is 4.79 Å². The smallest absolute Gasteiger partial charge is 0.316 e. The number of nitrogens with one attached hydrogen (secondary N) is 2. The molecule has 1 aliphatic heterocycles. The van der Waals surface area contributed by atoms with Crippen molar-refractivity contribution < 1.29 is 9.21 Å². The summed E-state index contributed by atoms with van der Waals surface area (Å²) in [6, 6.07) is -0.0406. The predicted octanol–water partition coefficient (Wildman–Crippen LogP) is 1.38. The van der Waals surface area contributed by atoms with Crippen LogP contribution in [0.25, 0.3) is 0 Å². The molecule has 1 saturated heterocycles. The van der Waals surface area contributed by atoms with Gasteiger partial charge in [-0.1, -0.05) is 12.0 Å². The standard InChI is InChI=1S/C14H25N5O2/c1-3-7-15-10-12-17-18-14(21-12)16-11(2)13(20)19-8-5-4-6-9-19/h11,15H,3-10H2,1-2H3,(H,16,18). The molecule has 0 saturated carbocycles. The molecule has 1 aromatic rings. The zero-order valence-corrected chi connectivity index (χ0v) is 12.9. The Labute approximate surface area is 125 Å². The van der Waals surface area contributed by atoms with Crippen molar-refractivity contribution in [1.29, 1.82) is 0 Å². The maximum atomic E-state index is 12.3. The molecule has 2 N–H and O–H groups in total. The molecule has 7 heteroatoms. The van der Waals surface area contributed by atoms with Crippen LogP contribution in [0.4, 0.5) is 6.01 Å². The minimum absolute atomic E-state index is 0.0959. The molecule has 1 unspecified atom stereocenters. The Morgan fingerprint density at radius 3 is 2.81 bits per heavy atom. The third-order valence-electron chi connectivity index (χ3n) is 3.55. The normalized spacial score (nSPS) is 16.8. The Balaban J connectivity index is 1.81. The van der Waals surface area contributed by atoms with Crippen LogP contribution in [0.2, 0.25) is 0 Å². The average Bonchev–Trinajstić information content (AvgIpc) is 2.95. The summed E-state index contributed by atoms with van der Waals surface area (Å²) >= 11 is 0. The fourth-order valence-corrected chi connectivity index (χ4v) is 2.39. The summed E-state index contributed by atoms with van der Waals surface area (Å²) in [7, 11) is 0. The highest BCUT2D eigenvalue weighted by molar-refractivity contribution is 5.83. The van der Waals surface area contributed by atoms with Crippen LogP contribution < -0.4 is 10.6 Å². The van der Waals surface area contributed by atoms with Gasteiger partial charge in [-0.05, 0) is 39.2 Å². The van der Waals surface area contributed by atoms with Crippen LogP contribution in [-0.4, -0.2) is 46.7 Å². The molecule has 1 fully saturated rings. The topological polar surface area (TPSA) is 83.3 Å². The number of anilines is 1. The van der Waals surface area contributed by atoms with E-state index < -0.39 is 0 Å². The first kappa shape index (κ1) is 15.8. The monoisotopic (exact) mass is 295 g/mol. The summed E-state index contributed by atoms with van der Waals surface area (Å²) in [5, 5.41) is 14.1. The SMILES string of the molecule is CCCNCc1nnc(NC(C)C(=O)N2CCCCC2)o1. The number of nitrogens with zero attached hydrogens (tertiary/aromatic N) is 3. The lowest BCUT2D eigenvalue weighted by Crippen LogP contribution is -2.43. The molecule has 118 valence electrons. The lowest BCUT2D eigenvalue weighted by Gasteiger charge is -2.29. The lowest BCUT2D eigenvalue weighted by molar-refractivity contribution is -0.132. The Kier molecular flexibility index (Phi) is 5.98. The first-order valence-corrected chi connectivity index (χ1v) is 7.79. The molecule has 0 spiro atoms. The van der Waals surface area contributed by atoms with Crippen LogP contribution >= 0.6 is 0 Å². The molecule has 7 nitrogen and oxygen atoms in total. The van der Waals surface area contributed by atoms with E-state index >= 15 is 0 Å². The van der Waals surface area contributed by atoms with Crippen LogP contribution in [0.15, 0.2) is 4.42 Å². The summed E-state index contributed by atoms with van der Waals surface area (Å²) < 4.78 is 5.47. The van der Waals surface area contributed by atoms with Gasteiger partial charge < -0.3 is 20.0 Å². The van der Waals surface area contributed by atoms with Gasteiger partial charge in [-0.15, -0.1) is 5.10 Å². The fraction of sp³-hybridized carbons (Fsp3) is 0.786. The fourth-order valence-electron chi connectivity index (χ4n) is 2.39. The number of hydrogen-bond acceptors (Lipinski definition) is 6. The maximum Gasteiger partial charge on any atom is 0.316 e. The van der Waals surface area contributed by atoms with Crippen LogP contribution in [-0.2, 0) is 11.3 Å². The van der Waals surface area contributed by atoms with E-state index in [1.807, 2.05) is 11.8 Å². The Hall–Kier alpha value is -1.63. The minimum atomic E-state index is -0.347. The Morgan fingerprint density at radius 2 is 2.10 bits per heavy atom. The van der Waals surface area contributed by atoms with Gasteiger partial charge in [0.05, 0.1) is 6.54 Å². The molecule has 1 amide bonds. The van der Waals surface area contributed by atoms with E-state index in [4.69, 9.17) is 4.42 Å². The predicted molar refractivity (Wildman–Crippen MR) is 79.8 cm³/mol. The van der Waals surface area contributed by atoms with Crippen molar-refractivity contribution in [2.75, 3.05) is 25.0 Å². The number of likely N-dealkylation sites (tertiary alicyclic amines) is 1. The minimum Gasteiger partial charge on any atom is -0.407 e. The summed E-state index contributed by atoms with van der Waals surface area (Å²) in [4.78, 5) is 14.2. The van der Waals surface area contributed by atoms with Crippen molar-refractivity contribution in [3.8, 4) is 0 Å². The molecule has 0 radical (unpaired) electrons. The highest BCUT2D eigenvalue weighted by atomic mass is 16.4. The summed E-state index contributed by atoms with van der Waals surface area (Å²) in [6.45, 7) is 7.09. The molecular weight excluding hydrogens is 270 g/mol. The van der Waals surface area contributed by atoms with Gasteiger partial charge in [0.2, 0.25) is 11.8 Å². The van der Waals surface area contributed by atoms with Crippen LogP contribution in [0.3, 0.4) is 0 Å². The number of aromatic nitrogens is 2. The quantitative estimate of drug-likeness (QED) is 0.740. The molecule has 0 aliphatic carbocycles. The zero-order valence-electron chi connectivity index (χ0n) is 12.9. The second-order valence-corrected chi connectivity index (χ2v) is 5.43. The lowest BCUT2D eigenvalue weighted by atomic mass is 10.1. The second kappa shape index (κ2) is 7.97. The third kappa shape index (κ3) is 4.70. The van der Waals surface area contributed by atoms with Gasteiger partial charge in [0, 0.05) is 13.1 Å². The van der Waals surface area contributed by atoms with Gasteiger partial charge in [0.25, 0.3) is 0 Å². The number of rotatable bonds is 7. The van der Waals surface area contributed by atoms with Crippen molar-refractivity contribution >= 4 is 11.9 Å². The zero-order chi connectivity index (χ0) is 15.1. The third-order valence-corrected chi connectivity index (χ3v) is 3.55. The van der Waals surface area contributed by atoms with E-state index in [1.54, 1.807) is 0 Å². The van der Waals surface area contributed by atoms with Crippen LogP contribution in [0, 0.1) is 0 Å². The summed E-state index contributed by atoms with van der Waals surface area (Å²) in [5.41, 5.74) is 0. The second-order valence-electron chi connectivity index (χ2n) is 5.43. The van der Waals surface area contributed by atoms with Crippen molar-refractivity contribution in [2.45, 2.75) is 52.1 Å². The number of hydrogen-bond donors (Lipinski definition) is 2.